The molecule has 3 aromatic rings. The van der Waals surface area contributed by atoms with E-state index in [-0.39, 0.29) is 48.5 Å². The second-order valence-corrected chi connectivity index (χ2v) is 8.26. The van der Waals surface area contributed by atoms with Crippen molar-refractivity contribution in [2.75, 3.05) is 18.4 Å². The largest absolute Gasteiger partial charge is 0.326 e. The molecule has 1 fully saturated rings. The van der Waals surface area contributed by atoms with Crippen molar-refractivity contribution in [3.8, 4) is 11.4 Å². The fourth-order valence-electron chi connectivity index (χ4n) is 3.87. The van der Waals surface area contributed by atoms with Crippen molar-refractivity contribution in [3.05, 3.63) is 47.8 Å². The van der Waals surface area contributed by atoms with Crippen LogP contribution in [0, 0.1) is 24.6 Å². The van der Waals surface area contributed by atoms with E-state index in [4.69, 9.17) is 4.98 Å². The Morgan fingerprint density at radius 2 is 1.87 bits per heavy atom. The topological polar surface area (TPSA) is 59.0 Å². The maximum absolute atomic E-state index is 13.7. The van der Waals surface area contributed by atoms with E-state index in [0.717, 1.165) is 41.2 Å². The second-order valence-electron chi connectivity index (χ2n) is 8.26. The van der Waals surface area contributed by atoms with Gasteiger partial charge in [-0.2, -0.15) is 0 Å². The number of imidazole rings is 1. The molecule has 1 aliphatic rings. The predicted molar refractivity (Wildman–Crippen MR) is 129 cm³/mol. The number of nitrogens with zero attached hydrogens (tertiary/aromatic N) is 2. The SMILES string of the molecule is Cc1cc(-c2nc3cc(F)ccc3n2C(C)C)ccc1NC(=O)C(C)C1CNC1.Cl.Cl. The lowest BCUT2D eigenvalue weighted by atomic mass is 9.88. The van der Waals surface area contributed by atoms with Gasteiger partial charge >= 0.3 is 0 Å². The van der Waals surface area contributed by atoms with Crippen molar-refractivity contribution in [2.45, 2.75) is 33.7 Å². The van der Waals surface area contributed by atoms with Crippen LogP contribution in [-0.4, -0.2) is 28.5 Å². The van der Waals surface area contributed by atoms with Gasteiger partial charge in [0.2, 0.25) is 5.91 Å². The van der Waals surface area contributed by atoms with Gasteiger partial charge in [-0.1, -0.05) is 6.92 Å². The number of aryl methyl sites for hydroxylation is 1. The summed E-state index contributed by atoms with van der Waals surface area (Å²) in [6.07, 6.45) is 0. The Bertz CT molecular complexity index is 1080. The summed E-state index contributed by atoms with van der Waals surface area (Å²) in [5, 5.41) is 6.28. The molecule has 5 nitrogen and oxygen atoms in total. The van der Waals surface area contributed by atoms with Crippen LogP contribution in [0.1, 0.15) is 32.4 Å². The Kier molecular flexibility index (Phi) is 8.09. The summed E-state index contributed by atoms with van der Waals surface area (Å²) >= 11 is 0. The molecule has 1 unspecified atom stereocenters. The third-order valence-corrected chi connectivity index (χ3v) is 5.84. The van der Waals surface area contributed by atoms with E-state index in [1.807, 2.05) is 32.0 Å². The molecule has 0 aliphatic carbocycles. The zero-order chi connectivity index (χ0) is 20.7. The molecule has 4 rings (SSSR count). The van der Waals surface area contributed by atoms with Gasteiger partial charge in [-0.15, -0.1) is 24.8 Å². The first-order chi connectivity index (χ1) is 13.8. The van der Waals surface area contributed by atoms with Crippen LogP contribution >= 0.6 is 24.8 Å². The molecule has 1 amide bonds. The molecule has 1 atom stereocenters. The third kappa shape index (κ3) is 4.86. The number of aromatic nitrogens is 2. The Balaban J connectivity index is 0.00000171. The lowest BCUT2D eigenvalue weighted by Gasteiger charge is -2.31. The Hall–Kier alpha value is -2.15. The molecule has 2 aromatic carbocycles. The maximum atomic E-state index is 13.7. The Labute approximate surface area is 194 Å². The summed E-state index contributed by atoms with van der Waals surface area (Å²) in [4.78, 5) is 17.3. The molecule has 168 valence electrons. The van der Waals surface area contributed by atoms with Crippen LogP contribution in [0.4, 0.5) is 10.1 Å². The van der Waals surface area contributed by atoms with E-state index in [0.29, 0.717) is 11.4 Å². The van der Waals surface area contributed by atoms with Crippen LogP contribution in [0.15, 0.2) is 36.4 Å². The molecule has 0 bridgehead atoms. The molecule has 8 heteroatoms. The summed E-state index contributed by atoms with van der Waals surface area (Å²) in [7, 11) is 0. The van der Waals surface area contributed by atoms with E-state index in [1.54, 1.807) is 6.07 Å². The van der Waals surface area contributed by atoms with Gasteiger partial charge in [0.1, 0.15) is 11.6 Å². The van der Waals surface area contributed by atoms with E-state index in [2.05, 4.69) is 29.0 Å². The first-order valence-corrected chi connectivity index (χ1v) is 10.1. The summed E-state index contributed by atoms with van der Waals surface area (Å²) in [5.74, 6) is 0.950. The van der Waals surface area contributed by atoms with Crippen LogP contribution < -0.4 is 10.6 Å². The average Bonchev–Trinajstić information content (AvgIpc) is 3.00. The van der Waals surface area contributed by atoms with Gasteiger partial charge in [-0.3, -0.25) is 4.79 Å². The lowest BCUT2D eigenvalue weighted by molar-refractivity contribution is -0.121. The molecule has 0 saturated carbocycles. The van der Waals surface area contributed by atoms with E-state index in [1.165, 1.54) is 12.1 Å². The highest BCUT2D eigenvalue weighted by Gasteiger charge is 2.29. The Morgan fingerprint density at radius 3 is 2.45 bits per heavy atom. The van der Waals surface area contributed by atoms with Gasteiger partial charge in [0.25, 0.3) is 0 Å². The number of carbonyl (C=O) groups excluding carboxylic acids is 1. The van der Waals surface area contributed by atoms with Crippen LogP contribution in [-0.2, 0) is 4.79 Å². The zero-order valence-electron chi connectivity index (χ0n) is 18.1. The van der Waals surface area contributed by atoms with Gasteiger partial charge in [-0.05, 0) is 75.7 Å². The first kappa shape index (κ1) is 25.1. The number of rotatable bonds is 5. The Morgan fingerprint density at radius 1 is 1.16 bits per heavy atom. The predicted octanol–water partition coefficient (Wildman–Crippen LogP) is 5.37. The number of carbonyl (C=O) groups is 1. The van der Waals surface area contributed by atoms with Crippen molar-refractivity contribution in [2.24, 2.45) is 11.8 Å². The number of nitrogens with one attached hydrogen (secondary N) is 2. The van der Waals surface area contributed by atoms with Crippen molar-refractivity contribution < 1.29 is 9.18 Å². The van der Waals surface area contributed by atoms with E-state index < -0.39 is 0 Å². The molecule has 0 spiro atoms. The molecule has 0 radical (unpaired) electrons. The van der Waals surface area contributed by atoms with Crippen LogP contribution in [0.2, 0.25) is 0 Å². The number of benzene rings is 2. The molecule has 1 saturated heterocycles. The molecule has 2 heterocycles. The van der Waals surface area contributed by atoms with Crippen molar-refractivity contribution in [3.63, 3.8) is 0 Å². The van der Waals surface area contributed by atoms with Crippen molar-refractivity contribution >= 4 is 47.4 Å². The molecule has 2 N–H and O–H groups in total. The van der Waals surface area contributed by atoms with Gasteiger partial charge in [0.05, 0.1) is 11.0 Å². The van der Waals surface area contributed by atoms with Crippen LogP contribution in [0.25, 0.3) is 22.4 Å². The van der Waals surface area contributed by atoms with Crippen LogP contribution in [0.3, 0.4) is 0 Å². The lowest BCUT2D eigenvalue weighted by Crippen LogP contribution is -2.48. The number of anilines is 1. The van der Waals surface area contributed by atoms with Crippen molar-refractivity contribution in [1.29, 1.82) is 0 Å². The first-order valence-electron chi connectivity index (χ1n) is 10.1. The summed E-state index contributed by atoms with van der Waals surface area (Å²) in [6.45, 7) is 9.95. The summed E-state index contributed by atoms with van der Waals surface area (Å²) in [5.41, 5.74) is 4.29. The van der Waals surface area contributed by atoms with E-state index >= 15 is 0 Å². The number of amides is 1. The number of fused-ring (bicyclic) bond motifs is 1. The molecule has 1 aliphatic heterocycles. The fourth-order valence-corrected chi connectivity index (χ4v) is 3.87. The fraction of sp³-hybridized carbons (Fsp3) is 0.391. The average molecular weight is 467 g/mol. The molecular formula is C23H29Cl2FN4O. The minimum Gasteiger partial charge on any atom is -0.326 e. The highest BCUT2D eigenvalue weighted by molar-refractivity contribution is 5.93. The van der Waals surface area contributed by atoms with Gasteiger partial charge in [-0.25, -0.2) is 9.37 Å². The zero-order valence-corrected chi connectivity index (χ0v) is 19.7. The number of hydrogen-bond acceptors (Lipinski definition) is 3. The highest BCUT2D eigenvalue weighted by atomic mass is 35.5. The van der Waals surface area contributed by atoms with Crippen molar-refractivity contribution in [1.82, 2.24) is 14.9 Å². The normalized spacial score (nSPS) is 14.5. The third-order valence-electron chi connectivity index (χ3n) is 5.84. The minimum atomic E-state index is -0.289. The maximum Gasteiger partial charge on any atom is 0.227 e. The van der Waals surface area contributed by atoms with E-state index in [9.17, 15) is 9.18 Å². The monoisotopic (exact) mass is 466 g/mol. The standard InChI is InChI=1S/C23H27FN4O.2ClH/c1-13(2)28-21-8-6-18(24)10-20(21)26-22(28)16-5-7-19(14(3)9-16)27-23(29)15(4)17-11-25-12-17;;/h5-10,13,15,17,25H,11-12H2,1-4H3,(H,27,29);2*1H. The van der Waals surface area contributed by atoms with Gasteiger partial charge in [0, 0.05) is 29.3 Å². The summed E-state index contributed by atoms with van der Waals surface area (Å²) in [6, 6.07) is 10.8. The molecule has 1 aromatic heterocycles. The second kappa shape index (κ2) is 9.98. The smallest absolute Gasteiger partial charge is 0.227 e. The summed E-state index contributed by atoms with van der Waals surface area (Å²) < 4.78 is 15.8. The van der Waals surface area contributed by atoms with Gasteiger partial charge < -0.3 is 15.2 Å². The highest BCUT2D eigenvalue weighted by Crippen LogP contribution is 2.31. The molecule has 31 heavy (non-hydrogen) atoms. The molecular weight excluding hydrogens is 438 g/mol. The van der Waals surface area contributed by atoms with Crippen LogP contribution in [0.5, 0.6) is 0 Å². The quantitative estimate of drug-likeness (QED) is 0.531. The number of halogens is 3. The van der Waals surface area contributed by atoms with Gasteiger partial charge in [0.15, 0.2) is 0 Å². The minimum absolute atomic E-state index is 0. The number of hydrogen-bond donors (Lipinski definition) is 2.